The average molecular weight is 286 g/mol. The molecule has 4 aliphatic rings. The Morgan fingerprint density at radius 2 is 1.52 bits per heavy atom. The van der Waals surface area contributed by atoms with Gasteiger partial charge in [-0.05, 0) is 65.3 Å². The molecule has 0 aromatic carbocycles. The standard InChI is InChI=1S/C20H30O/c1-10-13-7-12(19(10,3)4)8-15(13)17-16-9-14(18(17)21)11(2)20(16,5)6/h10-14,16H,7-9H2,1-6H3/b17-15-/t10-,11+,12+,13+,14-,16-/m1/s1. The minimum Gasteiger partial charge on any atom is -0.294 e. The average Bonchev–Trinajstić information content (AvgIpc) is 3.06. The second-order valence-corrected chi connectivity index (χ2v) is 9.66. The van der Waals surface area contributed by atoms with Crippen LogP contribution in [0.25, 0.3) is 0 Å². The maximum absolute atomic E-state index is 12.9. The van der Waals surface area contributed by atoms with Gasteiger partial charge in [0, 0.05) is 5.92 Å². The predicted octanol–water partition coefficient (Wildman–Crippen LogP) is 4.87. The molecular formula is C20H30O. The molecule has 4 rings (SSSR count). The molecule has 0 aromatic rings. The van der Waals surface area contributed by atoms with Crippen LogP contribution >= 0.6 is 0 Å². The van der Waals surface area contributed by atoms with E-state index in [-0.39, 0.29) is 0 Å². The van der Waals surface area contributed by atoms with Crippen molar-refractivity contribution >= 4 is 5.78 Å². The Kier molecular flexibility index (Phi) is 2.56. The SMILES string of the molecule is C[C@@H]1[C@@H]2C[C@@H](C/C2=C2/C(=O)[C@@H]3C[C@H]2C(C)(C)[C@H]3C)C1(C)C. The fourth-order valence-corrected chi connectivity index (χ4v) is 6.40. The molecule has 0 aliphatic heterocycles. The molecule has 0 saturated heterocycles. The lowest BCUT2D eigenvalue weighted by atomic mass is 9.62. The summed E-state index contributed by atoms with van der Waals surface area (Å²) < 4.78 is 0. The monoisotopic (exact) mass is 286 g/mol. The summed E-state index contributed by atoms with van der Waals surface area (Å²) in [6.07, 6.45) is 3.70. The number of carbonyl (C=O) groups excluding carboxylic acids is 1. The number of allylic oxidation sites excluding steroid dienone is 2. The van der Waals surface area contributed by atoms with Crippen LogP contribution in [0.15, 0.2) is 11.1 Å². The molecule has 0 radical (unpaired) electrons. The van der Waals surface area contributed by atoms with Gasteiger partial charge in [0.05, 0.1) is 0 Å². The molecule has 0 amide bonds. The molecule has 0 aromatic heterocycles. The fraction of sp³-hybridized carbons (Fsp3) is 0.850. The molecule has 1 nitrogen and oxygen atoms in total. The third-order valence-electron chi connectivity index (χ3n) is 8.74. The molecular weight excluding hydrogens is 256 g/mol. The number of rotatable bonds is 0. The van der Waals surface area contributed by atoms with Crippen LogP contribution in [0, 0.1) is 46.3 Å². The number of hydrogen-bond acceptors (Lipinski definition) is 1. The predicted molar refractivity (Wildman–Crippen MR) is 85.7 cm³/mol. The van der Waals surface area contributed by atoms with Crippen LogP contribution in [0.5, 0.6) is 0 Å². The van der Waals surface area contributed by atoms with Gasteiger partial charge in [-0.1, -0.05) is 47.1 Å². The van der Waals surface area contributed by atoms with Crippen molar-refractivity contribution in [3.05, 3.63) is 11.1 Å². The highest BCUT2D eigenvalue weighted by Crippen LogP contribution is 2.66. The van der Waals surface area contributed by atoms with Crippen LogP contribution in [-0.4, -0.2) is 5.78 Å². The first-order chi connectivity index (χ1) is 9.67. The zero-order valence-corrected chi connectivity index (χ0v) is 14.5. The first-order valence-electron chi connectivity index (χ1n) is 8.94. The molecule has 116 valence electrons. The zero-order chi connectivity index (χ0) is 15.3. The molecule has 1 heteroatoms. The number of ketones is 1. The third kappa shape index (κ3) is 1.46. The fourth-order valence-electron chi connectivity index (χ4n) is 6.40. The maximum atomic E-state index is 12.9. The van der Waals surface area contributed by atoms with Crippen molar-refractivity contribution in [2.24, 2.45) is 46.3 Å². The van der Waals surface area contributed by atoms with Crippen LogP contribution in [0.4, 0.5) is 0 Å². The van der Waals surface area contributed by atoms with E-state index in [9.17, 15) is 4.79 Å². The molecule has 4 saturated carbocycles. The largest absolute Gasteiger partial charge is 0.294 e. The van der Waals surface area contributed by atoms with Gasteiger partial charge in [0.15, 0.2) is 5.78 Å². The van der Waals surface area contributed by atoms with Gasteiger partial charge >= 0.3 is 0 Å². The molecule has 4 bridgehead atoms. The Hall–Kier alpha value is -0.590. The van der Waals surface area contributed by atoms with Gasteiger partial charge in [0.1, 0.15) is 0 Å². The molecule has 0 heterocycles. The molecule has 0 unspecified atom stereocenters. The van der Waals surface area contributed by atoms with E-state index in [1.165, 1.54) is 18.4 Å². The second-order valence-electron chi connectivity index (χ2n) is 9.66. The summed E-state index contributed by atoms with van der Waals surface area (Å²) in [7, 11) is 0. The minimum absolute atomic E-state index is 0.321. The van der Waals surface area contributed by atoms with Crippen LogP contribution in [0.2, 0.25) is 0 Å². The number of hydrogen-bond donors (Lipinski definition) is 0. The first kappa shape index (κ1) is 14.0. The van der Waals surface area contributed by atoms with Crippen LogP contribution in [0.1, 0.15) is 60.8 Å². The topological polar surface area (TPSA) is 17.1 Å². The molecule has 6 atom stereocenters. The third-order valence-corrected chi connectivity index (χ3v) is 8.74. The van der Waals surface area contributed by atoms with Gasteiger partial charge in [-0.3, -0.25) is 4.79 Å². The van der Waals surface area contributed by atoms with Crippen molar-refractivity contribution in [2.75, 3.05) is 0 Å². The van der Waals surface area contributed by atoms with E-state index in [0.717, 1.165) is 18.3 Å². The van der Waals surface area contributed by atoms with Crippen molar-refractivity contribution in [3.63, 3.8) is 0 Å². The highest BCUT2D eigenvalue weighted by Gasteiger charge is 2.61. The first-order valence-corrected chi connectivity index (χ1v) is 8.94. The van der Waals surface area contributed by atoms with Gasteiger partial charge in [-0.2, -0.15) is 0 Å². The summed E-state index contributed by atoms with van der Waals surface area (Å²) in [5, 5.41) is 0. The Bertz CT molecular complexity index is 546. The summed E-state index contributed by atoms with van der Waals surface area (Å²) in [4.78, 5) is 12.9. The number of Topliss-reactive ketones (excluding diaryl/α,β-unsaturated/α-hetero) is 1. The Labute approximate surface area is 129 Å². The lowest BCUT2D eigenvalue weighted by Crippen LogP contribution is -2.37. The summed E-state index contributed by atoms with van der Waals surface area (Å²) in [6.45, 7) is 14.4. The van der Waals surface area contributed by atoms with Crippen molar-refractivity contribution < 1.29 is 4.79 Å². The van der Waals surface area contributed by atoms with E-state index in [0.29, 0.717) is 40.3 Å². The second kappa shape index (κ2) is 3.84. The van der Waals surface area contributed by atoms with Crippen molar-refractivity contribution in [2.45, 2.75) is 60.8 Å². The van der Waals surface area contributed by atoms with Crippen LogP contribution in [0.3, 0.4) is 0 Å². The van der Waals surface area contributed by atoms with Crippen molar-refractivity contribution in [1.82, 2.24) is 0 Å². The van der Waals surface area contributed by atoms with Crippen LogP contribution < -0.4 is 0 Å². The molecule has 4 aliphatic carbocycles. The molecule has 0 spiro atoms. The van der Waals surface area contributed by atoms with Crippen LogP contribution in [-0.2, 0) is 4.79 Å². The van der Waals surface area contributed by atoms with Gasteiger partial charge in [0.2, 0.25) is 0 Å². The Morgan fingerprint density at radius 1 is 0.905 bits per heavy atom. The molecule has 0 N–H and O–H groups in total. The Morgan fingerprint density at radius 3 is 2.05 bits per heavy atom. The highest BCUT2D eigenvalue weighted by atomic mass is 16.1. The summed E-state index contributed by atoms with van der Waals surface area (Å²) in [5.74, 6) is 4.24. The van der Waals surface area contributed by atoms with Gasteiger partial charge in [-0.15, -0.1) is 0 Å². The van der Waals surface area contributed by atoms with Gasteiger partial charge in [-0.25, -0.2) is 0 Å². The van der Waals surface area contributed by atoms with E-state index >= 15 is 0 Å². The quantitative estimate of drug-likeness (QED) is 0.581. The number of fused-ring (bicyclic) bond motifs is 4. The van der Waals surface area contributed by atoms with E-state index in [2.05, 4.69) is 41.5 Å². The Balaban J connectivity index is 1.77. The highest BCUT2D eigenvalue weighted by molar-refractivity contribution is 6.02. The minimum atomic E-state index is 0.321. The van der Waals surface area contributed by atoms with E-state index in [4.69, 9.17) is 0 Å². The zero-order valence-electron chi connectivity index (χ0n) is 14.5. The summed E-state index contributed by atoms with van der Waals surface area (Å²) in [6, 6.07) is 0. The number of carbonyl (C=O) groups is 1. The smallest absolute Gasteiger partial charge is 0.162 e. The van der Waals surface area contributed by atoms with E-state index < -0.39 is 0 Å². The lowest BCUT2D eigenvalue weighted by Gasteiger charge is -2.41. The van der Waals surface area contributed by atoms with E-state index in [1.807, 2.05) is 0 Å². The molecule has 4 fully saturated rings. The lowest BCUT2D eigenvalue weighted by molar-refractivity contribution is -0.121. The van der Waals surface area contributed by atoms with E-state index in [1.54, 1.807) is 5.57 Å². The molecule has 21 heavy (non-hydrogen) atoms. The van der Waals surface area contributed by atoms with Gasteiger partial charge < -0.3 is 0 Å². The maximum Gasteiger partial charge on any atom is 0.162 e. The van der Waals surface area contributed by atoms with Crippen molar-refractivity contribution in [3.8, 4) is 0 Å². The van der Waals surface area contributed by atoms with Gasteiger partial charge in [0.25, 0.3) is 0 Å². The summed E-state index contributed by atoms with van der Waals surface area (Å²) in [5.41, 5.74) is 3.71. The normalized spacial score (nSPS) is 53.0. The summed E-state index contributed by atoms with van der Waals surface area (Å²) >= 11 is 0. The van der Waals surface area contributed by atoms with Crippen molar-refractivity contribution in [1.29, 1.82) is 0 Å².